The Balaban J connectivity index is 1.75. The van der Waals surface area contributed by atoms with Crippen molar-refractivity contribution >= 4 is 51.9 Å². The van der Waals surface area contributed by atoms with Gasteiger partial charge in [0.05, 0.1) is 33.0 Å². The van der Waals surface area contributed by atoms with E-state index < -0.39 is 0 Å². The van der Waals surface area contributed by atoms with Crippen LogP contribution >= 0.6 is 34.5 Å². The van der Waals surface area contributed by atoms with E-state index in [0.29, 0.717) is 37.6 Å². The molecule has 4 rings (SSSR count). The number of fused-ring (bicyclic) bond motifs is 1. The van der Waals surface area contributed by atoms with Crippen molar-refractivity contribution in [2.24, 2.45) is 0 Å². The van der Waals surface area contributed by atoms with Crippen LogP contribution in [-0.2, 0) is 0 Å². The Labute approximate surface area is 156 Å². The van der Waals surface area contributed by atoms with Crippen molar-refractivity contribution < 1.29 is 4.79 Å². The minimum absolute atomic E-state index is 0.184. The number of carbonyl (C=O) groups is 1. The number of halogens is 2. The van der Waals surface area contributed by atoms with Crippen LogP contribution < -0.4 is 5.32 Å². The van der Waals surface area contributed by atoms with Gasteiger partial charge in [-0.15, -0.1) is 11.3 Å². The Morgan fingerprint density at radius 3 is 2.80 bits per heavy atom. The van der Waals surface area contributed by atoms with E-state index in [-0.39, 0.29) is 5.91 Å². The molecule has 0 fully saturated rings. The molecule has 3 aromatic heterocycles. The number of carbonyl (C=O) groups excluding carboxylic acids is 1. The largest absolute Gasteiger partial charge is 0.306 e. The van der Waals surface area contributed by atoms with Gasteiger partial charge in [0.25, 0.3) is 5.91 Å². The lowest BCUT2D eigenvalue weighted by molar-refractivity contribution is 0.103. The fraction of sp³-hybridized carbons (Fsp3) is 0. The average Bonchev–Trinajstić information content (AvgIpc) is 3.27. The van der Waals surface area contributed by atoms with Crippen molar-refractivity contribution in [3.05, 3.63) is 69.2 Å². The predicted molar refractivity (Wildman–Crippen MR) is 101 cm³/mol. The molecular weight excluding hydrogens is 379 g/mol. The number of nitrogens with zero attached hydrogens (tertiary/aromatic N) is 3. The molecule has 1 aromatic carbocycles. The average molecular weight is 389 g/mol. The first-order valence-electron chi connectivity index (χ1n) is 7.26. The molecule has 0 bridgehead atoms. The van der Waals surface area contributed by atoms with Crippen LogP contribution in [0.5, 0.6) is 0 Å². The summed E-state index contributed by atoms with van der Waals surface area (Å²) in [6.07, 6.45) is 4.98. The normalized spacial score (nSPS) is 11.0. The summed E-state index contributed by atoms with van der Waals surface area (Å²) >= 11 is 13.7. The molecular formula is C17H10Cl2N4OS. The van der Waals surface area contributed by atoms with Gasteiger partial charge in [0.15, 0.2) is 5.65 Å². The van der Waals surface area contributed by atoms with Crippen LogP contribution in [0.15, 0.2) is 54.3 Å². The number of aromatic nitrogens is 3. The molecule has 1 amide bonds. The van der Waals surface area contributed by atoms with E-state index in [1.807, 2.05) is 23.6 Å². The number of nitrogens with one attached hydrogen (secondary N) is 1. The fourth-order valence-corrected chi connectivity index (χ4v) is 3.42. The van der Waals surface area contributed by atoms with E-state index in [1.54, 1.807) is 35.1 Å². The SMILES string of the molecule is O=C(Nc1cnc2cnc(-c3cccc(Cl)c3Cl)cn12)c1cccs1. The minimum atomic E-state index is -0.184. The third kappa shape index (κ3) is 3.00. The second-order valence-electron chi connectivity index (χ2n) is 5.18. The summed E-state index contributed by atoms with van der Waals surface area (Å²) < 4.78 is 1.76. The minimum Gasteiger partial charge on any atom is -0.306 e. The number of amides is 1. The molecule has 25 heavy (non-hydrogen) atoms. The van der Waals surface area contributed by atoms with Gasteiger partial charge in [-0.05, 0) is 17.5 Å². The summed E-state index contributed by atoms with van der Waals surface area (Å²) in [5.41, 5.74) is 1.95. The number of imidazole rings is 1. The van der Waals surface area contributed by atoms with E-state index in [9.17, 15) is 4.79 Å². The van der Waals surface area contributed by atoms with Gasteiger partial charge in [0.1, 0.15) is 5.82 Å². The standard InChI is InChI=1S/C17H10Cl2N4OS/c18-11-4-1-3-10(16(11)19)12-9-23-14(7-20-12)21-8-15(23)22-17(24)13-5-2-6-25-13/h1-9H,(H,22,24). The summed E-state index contributed by atoms with van der Waals surface area (Å²) in [7, 11) is 0. The molecule has 0 unspecified atom stereocenters. The first kappa shape index (κ1) is 16.1. The van der Waals surface area contributed by atoms with Gasteiger partial charge in [0, 0.05) is 11.8 Å². The number of thiophene rings is 1. The lowest BCUT2D eigenvalue weighted by atomic mass is 10.1. The third-order valence-electron chi connectivity index (χ3n) is 3.61. The van der Waals surface area contributed by atoms with Crippen molar-refractivity contribution in [1.29, 1.82) is 0 Å². The van der Waals surface area contributed by atoms with Gasteiger partial charge in [0.2, 0.25) is 0 Å². The Hall–Kier alpha value is -2.41. The molecule has 1 N–H and O–H groups in total. The summed E-state index contributed by atoms with van der Waals surface area (Å²) in [5.74, 6) is 0.367. The summed E-state index contributed by atoms with van der Waals surface area (Å²) in [5, 5.41) is 5.60. The topological polar surface area (TPSA) is 59.3 Å². The molecule has 0 aliphatic rings. The zero-order chi connectivity index (χ0) is 17.4. The predicted octanol–water partition coefficient (Wildman–Crippen LogP) is 5.02. The number of anilines is 1. The maximum atomic E-state index is 12.3. The number of hydrogen-bond donors (Lipinski definition) is 1. The molecule has 5 nitrogen and oxygen atoms in total. The molecule has 0 atom stereocenters. The van der Waals surface area contributed by atoms with Crippen LogP contribution in [0.1, 0.15) is 9.67 Å². The molecule has 8 heteroatoms. The smallest absolute Gasteiger partial charge is 0.266 e. The van der Waals surface area contributed by atoms with E-state index >= 15 is 0 Å². The van der Waals surface area contributed by atoms with E-state index in [1.165, 1.54) is 11.3 Å². The summed E-state index contributed by atoms with van der Waals surface area (Å²) in [4.78, 5) is 21.5. The number of rotatable bonds is 3. The Morgan fingerprint density at radius 1 is 1.12 bits per heavy atom. The van der Waals surface area contributed by atoms with Gasteiger partial charge < -0.3 is 5.32 Å². The van der Waals surface area contributed by atoms with Crippen LogP contribution in [0.4, 0.5) is 5.82 Å². The van der Waals surface area contributed by atoms with Crippen molar-refractivity contribution in [3.8, 4) is 11.3 Å². The third-order valence-corrected chi connectivity index (χ3v) is 5.30. The second-order valence-corrected chi connectivity index (χ2v) is 6.91. The molecule has 0 saturated heterocycles. The Bertz CT molecular complexity index is 1080. The zero-order valence-corrected chi connectivity index (χ0v) is 14.9. The van der Waals surface area contributed by atoms with Gasteiger partial charge in [-0.3, -0.25) is 14.2 Å². The highest BCUT2D eigenvalue weighted by molar-refractivity contribution is 7.12. The number of hydrogen-bond acceptors (Lipinski definition) is 4. The second kappa shape index (κ2) is 6.48. The lowest BCUT2D eigenvalue weighted by Crippen LogP contribution is -2.11. The van der Waals surface area contributed by atoms with Crippen LogP contribution in [0.25, 0.3) is 16.9 Å². The number of benzene rings is 1. The highest BCUT2D eigenvalue weighted by Crippen LogP contribution is 2.32. The van der Waals surface area contributed by atoms with Crippen LogP contribution in [0.2, 0.25) is 10.0 Å². The molecule has 0 radical (unpaired) electrons. The van der Waals surface area contributed by atoms with E-state index in [4.69, 9.17) is 23.2 Å². The van der Waals surface area contributed by atoms with Crippen LogP contribution in [0.3, 0.4) is 0 Å². The fourth-order valence-electron chi connectivity index (χ4n) is 2.41. The van der Waals surface area contributed by atoms with E-state index in [0.717, 1.165) is 0 Å². The van der Waals surface area contributed by atoms with Gasteiger partial charge >= 0.3 is 0 Å². The van der Waals surface area contributed by atoms with Crippen molar-refractivity contribution in [2.75, 3.05) is 5.32 Å². The van der Waals surface area contributed by atoms with Crippen molar-refractivity contribution in [1.82, 2.24) is 14.4 Å². The Morgan fingerprint density at radius 2 is 2.00 bits per heavy atom. The summed E-state index contributed by atoms with van der Waals surface area (Å²) in [6.45, 7) is 0. The molecule has 0 saturated carbocycles. The molecule has 0 aliphatic carbocycles. The highest BCUT2D eigenvalue weighted by atomic mass is 35.5. The monoisotopic (exact) mass is 388 g/mol. The molecule has 4 aromatic rings. The Kier molecular flexibility index (Phi) is 4.17. The highest BCUT2D eigenvalue weighted by Gasteiger charge is 2.13. The van der Waals surface area contributed by atoms with Crippen molar-refractivity contribution in [3.63, 3.8) is 0 Å². The maximum Gasteiger partial charge on any atom is 0.266 e. The molecule has 3 heterocycles. The first-order chi connectivity index (χ1) is 12.1. The van der Waals surface area contributed by atoms with Crippen LogP contribution in [0, 0.1) is 0 Å². The molecule has 0 spiro atoms. The maximum absolute atomic E-state index is 12.3. The zero-order valence-electron chi connectivity index (χ0n) is 12.6. The van der Waals surface area contributed by atoms with Crippen LogP contribution in [-0.4, -0.2) is 20.3 Å². The quantitative estimate of drug-likeness (QED) is 0.536. The van der Waals surface area contributed by atoms with E-state index in [2.05, 4.69) is 15.3 Å². The summed E-state index contributed by atoms with van der Waals surface area (Å²) in [6, 6.07) is 8.96. The molecule has 0 aliphatic heterocycles. The van der Waals surface area contributed by atoms with Gasteiger partial charge in [-0.1, -0.05) is 41.4 Å². The lowest BCUT2D eigenvalue weighted by Gasteiger charge is -2.08. The first-order valence-corrected chi connectivity index (χ1v) is 8.89. The molecule has 124 valence electrons. The van der Waals surface area contributed by atoms with Crippen molar-refractivity contribution in [2.45, 2.75) is 0 Å². The van der Waals surface area contributed by atoms with Gasteiger partial charge in [-0.25, -0.2) is 4.98 Å². The van der Waals surface area contributed by atoms with Gasteiger partial charge in [-0.2, -0.15) is 0 Å².